The molecular formula is C22H16ClF2NO3. The van der Waals surface area contributed by atoms with E-state index in [9.17, 15) is 18.4 Å². The second kappa shape index (κ2) is 9.30. The molecule has 0 spiro atoms. The van der Waals surface area contributed by atoms with Gasteiger partial charge in [0.1, 0.15) is 0 Å². The fraction of sp³-hybridized carbons (Fsp3) is 0.0909. The van der Waals surface area contributed by atoms with E-state index in [4.69, 9.17) is 16.3 Å². The maximum Gasteiger partial charge on any atom is 0.340 e. The Morgan fingerprint density at radius 2 is 1.41 bits per heavy atom. The van der Waals surface area contributed by atoms with Crippen molar-refractivity contribution in [2.24, 2.45) is 0 Å². The Morgan fingerprint density at radius 3 is 1.97 bits per heavy atom. The highest BCUT2D eigenvalue weighted by molar-refractivity contribution is 6.33. The van der Waals surface area contributed by atoms with E-state index < -0.39 is 36.2 Å². The smallest absolute Gasteiger partial charge is 0.340 e. The van der Waals surface area contributed by atoms with E-state index in [2.05, 4.69) is 5.32 Å². The van der Waals surface area contributed by atoms with Gasteiger partial charge in [-0.05, 0) is 23.3 Å². The molecule has 0 saturated heterocycles. The molecule has 7 heteroatoms. The van der Waals surface area contributed by atoms with Gasteiger partial charge in [-0.15, -0.1) is 0 Å². The molecule has 148 valence electrons. The molecule has 3 aromatic carbocycles. The van der Waals surface area contributed by atoms with Gasteiger partial charge in [-0.1, -0.05) is 72.3 Å². The number of nitrogens with one attached hydrogen (secondary N) is 1. The molecule has 0 aliphatic heterocycles. The lowest BCUT2D eigenvalue weighted by atomic mass is 9.99. The first-order valence-electron chi connectivity index (χ1n) is 8.66. The molecule has 0 aliphatic carbocycles. The number of amides is 1. The summed E-state index contributed by atoms with van der Waals surface area (Å²) in [6.07, 6.45) is 0. The van der Waals surface area contributed by atoms with Crippen molar-refractivity contribution < 1.29 is 23.1 Å². The van der Waals surface area contributed by atoms with Crippen molar-refractivity contribution >= 4 is 23.5 Å². The number of benzene rings is 3. The summed E-state index contributed by atoms with van der Waals surface area (Å²) in [7, 11) is 0. The van der Waals surface area contributed by atoms with Gasteiger partial charge >= 0.3 is 5.97 Å². The molecule has 0 aliphatic rings. The highest BCUT2D eigenvalue weighted by atomic mass is 35.5. The van der Waals surface area contributed by atoms with Crippen LogP contribution in [-0.4, -0.2) is 18.5 Å². The van der Waals surface area contributed by atoms with Crippen molar-refractivity contribution in [3.63, 3.8) is 0 Å². The predicted molar refractivity (Wildman–Crippen MR) is 105 cm³/mol. The van der Waals surface area contributed by atoms with E-state index in [1.807, 2.05) is 60.7 Å². The lowest BCUT2D eigenvalue weighted by molar-refractivity contribution is -0.124. The standard InChI is InChI=1S/C22H16ClF2NO3/c23-17-12-19(25)18(24)11-16(17)22(28)29-13-20(27)26-21(14-7-3-1-4-8-14)15-9-5-2-6-10-15/h1-12,21H,13H2,(H,26,27). The number of rotatable bonds is 6. The first-order chi connectivity index (χ1) is 14.0. The minimum Gasteiger partial charge on any atom is -0.452 e. The second-order valence-corrected chi connectivity index (χ2v) is 6.55. The average Bonchev–Trinajstić information content (AvgIpc) is 2.74. The summed E-state index contributed by atoms with van der Waals surface area (Å²) in [6, 6.07) is 19.4. The quantitative estimate of drug-likeness (QED) is 0.469. The van der Waals surface area contributed by atoms with Crippen LogP contribution in [0.15, 0.2) is 72.8 Å². The molecule has 3 aromatic rings. The number of esters is 1. The van der Waals surface area contributed by atoms with Gasteiger partial charge < -0.3 is 10.1 Å². The van der Waals surface area contributed by atoms with Crippen LogP contribution in [0.3, 0.4) is 0 Å². The van der Waals surface area contributed by atoms with Crippen LogP contribution in [0.25, 0.3) is 0 Å². The number of carbonyl (C=O) groups excluding carboxylic acids is 2. The van der Waals surface area contributed by atoms with Crippen molar-refractivity contribution in [1.82, 2.24) is 5.32 Å². The fourth-order valence-electron chi connectivity index (χ4n) is 2.74. The molecule has 3 rings (SSSR count). The summed E-state index contributed by atoms with van der Waals surface area (Å²) < 4.78 is 31.4. The Labute approximate surface area is 171 Å². The number of hydrogen-bond acceptors (Lipinski definition) is 3. The molecule has 0 heterocycles. The monoisotopic (exact) mass is 415 g/mol. The Morgan fingerprint density at radius 1 is 0.897 bits per heavy atom. The van der Waals surface area contributed by atoms with Crippen molar-refractivity contribution in [3.05, 3.63) is 106 Å². The Kier molecular flexibility index (Phi) is 6.57. The molecular weight excluding hydrogens is 400 g/mol. The molecule has 1 N–H and O–H groups in total. The molecule has 4 nitrogen and oxygen atoms in total. The fourth-order valence-corrected chi connectivity index (χ4v) is 2.97. The maximum absolute atomic E-state index is 13.3. The van der Waals surface area contributed by atoms with Crippen molar-refractivity contribution in [2.75, 3.05) is 6.61 Å². The van der Waals surface area contributed by atoms with Crippen LogP contribution in [0.1, 0.15) is 27.5 Å². The van der Waals surface area contributed by atoms with Gasteiger partial charge in [0.2, 0.25) is 0 Å². The molecule has 0 radical (unpaired) electrons. The first-order valence-corrected chi connectivity index (χ1v) is 9.04. The van der Waals surface area contributed by atoms with Gasteiger partial charge in [0, 0.05) is 0 Å². The number of ether oxygens (including phenoxy) is 1. The predicted octanol–water partition coefficient (Wildman–Crippen LogP) is 4.68. The minimum absolute atomic E-state index is 0.305. The van der Waals surface area contributed by atoms with E-state index in [0.717, 1.165) is 11.1 Å². The van der Waals surface area contributed by atoms with Crippen molar-refractivity contribution in [2.45, 2.75) is 6.04 Å². The summed E-state index contributed by atoms with van der Waals surface area (Å²) >= 11 is 5.75. The molecule has 1 amide bonds. The molecule has 0 aromatic heterocycles. The molecule has 0 fully saturated rings. The normalized spacial score (nSPS) is 10.6. The molecule has 29 heavy (non-hydrogen) atoms. The lowest BCUT2D eigenvalue weighted by Crippen LogP contribution is -2.33. The summed E-state index contributed by atoms with van der Waals surface area (Å²) in [5, 5.41) is 2.50. The van der Waals surface area contributed by atoms with Crippen LogP contribution in [0.4, 0.5) is 8.78 Å². The van der Waals surface area contributed by atoms with Crippen LogP contribution < -0.4 is 5.32 Å². The number of hydrogen-bond donors (Lipinski definition) is 1. The van der Waals surface area contributed by atoms with Crippen LogP contribution in [0.2, 0.25) is 5.02 Å². The third-order valence-electron chi connectivity index (χ3n) is 4.14. The Bertz CT molecular complexity index is 974. The van der Waals surface area contributed by atoms with Crippen LogP contribution >= 0.6 is 11.6 Å². The zero-order valence-corrected chi connectivity index (χ0v) is 15.8. The first kappa shape index (κ1) is 20.5. The summed E-state index contributed by atoms with van der Waals surface area (Å²) in [4.78, 5) is 24.5. The minimum atomic E-state index is -1.24. The lowest BCUT2D eigenvalue weighted by Gasteiger charge is -2.20. The highest BCUT2D eigenvalue weighted by Crippen LogP contribution is 2.22. The third kappa shape index (κ3) is 5.18. The summed E-state index contributed by atoms with van der Waals surface area (Å²) in [5.74, 6) is -4.01. The van der Waals surface area contributed by atoms with E-state index in [1.54, 1.807) is 0 Å². The third-order valence-corrected chi connectivity index (χ3v) is 4.45. The van der Waals surface area contributed by atoms with E-state index in [1.165, 1.54) is 0 Å². The van der Waals surface area contributed by atoms with Gasteiger partial charge in [0.05, 0.1) is 16.6 Å². The van der Waals surface area contributed by atoms with E-state index >= 15 is 0 Å². The maximum atomic E-state index is 13.3. The Hall–Kier alpha value is -3.25. The molecule has 0 saturated carbocycles. The molecule has 0 unspecified atom stereocenters. The Balaban J connectivity index is 1.70. The van der Waals surface area contributed by atoms with Gasteiger partial charge in [-0.25, -0.2) is 13.6 Å². The summed E-state index contributed by atoms with van der Waals surface area (Å²) in [5.41, 5.74) is 1.34. The number of halogens is 3. The topological polar surface area (TPSA) is 55.4 Å². The van der Waals surface area contributed by atoms with E-state index in [-0.39, 0.29) is 10.6 Å². The highest BCUT2D eigenvalue weighted by Gasteiger charge is 2.20. The van der Waals surface area contributed by atoms with Gasteiger partial charge in [0.25, 0.3) is 5.91 Å². The van der Waals surface area contributed by atoms with Crippen LogP contribution in [0.5, 0.6) is 0 Å². The van der Waals surface area contributed by atoms with Crippen molar-refractivity contribution in [3.8, 4) is 0 Å². The summed E-state index contributed by atoms with van der Waals surface area (Å²) in [6.45, 7) is -0.607. The van der Waals surface area contributed by atoms with Crippen LogP contribution in [-0.2, 0) is 9.53 Å². The zero-order chi connectivity index (χ0) is 20.8. The number of carbonyl (C=O) groups is 2. The SMILES string of the molecule is O=C(COC(=O)c1cc(F)c(F)cc1Cl)NC(c1ccccc1)c1ccccc1. The largest absolute Gasteiger partial charge is 0.452 e. The van der Waals surface area contributed by atoms with Gasteiger partial charge in [-0.3, -0.25) is 4.79 Å². The second-order valence-electron chi connectivity index (χ2n) is 6.14. The molecule has 0 atom stereocenters. The zero-order valence-electron chi connectivity index (χ0n) is 15.1. The van der Waals surface area contributed by atoms with Gasteiger partial charge in [0.15, 0.2) is 18.2 Å². The average molecular weight is 416 g/mol. The van der Waals surface area contributed by atoms with Gasteiger partial charge in [-0.2, -0.15) is 0 Å². The van der Waals surface area contributed by atoms with Crippen molar-refractivity contribution in [1.29, 1.82) is 0 Å². The van der Waals surface area contributed by atoms with E-state index in [0.29, 0.717) is 12.1 Å². The van der Waals surface area contributed by atoms with Crippen LogP contribution in [0, 0.1) is 11.6 Å². The molecule has 0 bridgehead atoms.